The molecule has 0 atom stereocenters. The second-order valence-electron chi connectivity index (χ2n) is 6.88. The van der Waals surface area contributed by atoms with Gasteiger partial charge in [-0.3, -0.25) is 9.89 Å². The number of H-pyrrole nitrogens is 1. The second-order valence-corrected chi connectivity index (χ2v) is 9.64. The molecule has 2 aromatic carbocycles. The molecule has 30 heavy (non-hydrogen) atoms. The monoisotopic (exact) mass is 440 g/mol. The van der Waals surface area contributed by atoms with Crippen LogP contribution in [0.4, 0.5) is 11.4 Å². The van der Waals surface area contributed by atoms with Crippen molar-refractivity contribution in [2.75, 3.05) is 22.5 Å². The molecule has 0 spiro atoms. The third-order valence-corrected chi connectivity index (χ3v) is 7.02. The lowest BCUT2D eigenvalue weighted by Crippen LogP contribution is -2.35. The molecule has 3 heterocycles. The fourth-order valence-corrected chi connectivity index (χ4v) is 5.58. The molecule has 0 aliphatic carbocycles. The molecule has 2 aliphatic heterocycles. The molecule has 0 unspecified atom stereocenters. The summed E-state index contributed by atoms with van der Waals surface area (Å²) in [6.45, 7) is 2.18. The lowest BCUT2D eigenvalue weighted by molar-refractivity contribution is 0.102. The van der Waals surface area contributed by atoms with Crippen LogP contribution in [0.15, 0.2) is 51.8 Å². The first-order chi connectivity index (χ1) is 14.4. The first-order valence-electron chi connectivity index (χ1n) is 9.11. The fraction of sp³-hybridized carbons (Fsp3) is 0.158. The van der Waals surface area contributed by atoms with Gasteiger partial charge in [0.1, 0.15) is 5.82 Å². The first kappa shape index (κ1) is 18.8. The minimum Gasteiger partial charge on any atom is -0.322 e. The van der Waals surface area contributed by atoms with Crippen LogP contribution in [-0.4, -0.2) is 47.0 Å². The molecule has 152 valence electrons. The van der Waals surface area contributed by atoms with Crippen molar-refractivity contribution in [3.8, 4) is 11.4 Å². The molecular formula is C19H16N6O3S2. The van der Waals surface area contributed by atoms with E-state index in [1.54, 1.807) is 18.2 Å². The van der Waals surface area contributed by atoms with E-state index in [0.29, 0.717) is 34.6 Å². The summed E-state index contributed by atoms with van der Waals surface area (Å²) in [5.41, 5.74) is 2.76. The Bertz CT molecular complexity index is 1320. The van der Waals surface area contributed by atoms with Gasteiger partial charge >= 0.3 is 0 Å². The third kappa shape index (κ3) is 3.46. The standard InChI is InChI=1S/C19H16N6O3S2/c1-11-20-17(23-22-11)12-3-2-4-14(9-12)21-18(26)13-5-6-15-16(10-13)29-19-24-30(27,28)8-7-25(15)19/h2-6,9-10H,7-8H2,1H3,(H,21,26)(H,20,22,23). The lowest BCUT2D eigenvalue weighted by Gasteiger charge is -2.22. The minimum absolute atomic E-state index is 0.0144. The maximum Gasteiger partial charge on any atom is 0.257 e. The summed E-state index contributed by atoms with van der Waals surface area (Å²) in [6, 6.07) is 12.6. The highest BCUT2D eigenvalue weighted by Crippen LogP contribution is 2.42. The molecule has 0 saturated heterocycles. The van der Waals surface area contributed by atoms with Gasteiger partial charge in [0.2, 0.25) is 0 Å². The lowest BCUT2D eigenvalue weighted by atomic mass is 10.1. The van der Waals surface area contributed by atoms with Gasteiger partial charge in [-0.25, -0.2) is 13.4 Å². The summed E-state index contributed by atoms with van der Waals surface area (Å²) < 4.78 is 27.3. The number of aromatic amines is 1. The predicted molar refractivity (Wildman–Crippen MR) is 115 cm³/mol. The molecular weight excluding hydrogens is 424 g/mol. The molecule has 2 aliphatic rings. The number of carbonyl (C=O) groups is 1. The highest BCUT2D eigenvalue weighted by atomic mass is 32.2. The fourth-order valence-electron chi connectivity index (χ4n) is 3.28. The van der Waals surface area contributed by atoms with Gasteiger partial charge in [-0.2, -0.15) is 5.10 Å². The average Bonchev–Trinajstić information content (AvgIpc) is 3.29. The Hall–Kier alpha value is -3.18. The van der Waals surface area contributed by atoms with Crippen molar-refractivity contribution in [2.24, 2.45) is 4.40 Å². The zero-order chi connectivity index (χ0) is 20.9. The van der Waals surface area contributed by atoms with Crippen LogP contribution in [0.2, 0.25) is 0 Å². The zero-order valence-corrected chi connectivity index (χ0v) is 17.4. The van der Waals surface area contributed by atoms with Gasteiger partial charge in [0, 0.05) is 28.3 Å². The number of benzene rings is 2. The van der Waals surface area contributed by atoms with Crippen LogP contribution >= 0.6 is 11.8 Å². The number of carbonyl (C=O) groups excluding carboxylic acids is 1. The molecule has 0 radical (unpaired) electrons. The van der Waals surface area contributed by atoms with E-state index in [4.69, 9.17) is 0 Å². The van der Waals surface area contributed by atoms with Gasteiger partial charge in [0.25, 0.3) is 15.9 Å². The zero-order valence-electron chi connectivity index (χ0n) is 15.8. The van der Waals surface area contributed by atoms with Crippen LogP contribution in [-0.2, 0) is 10.0 Å². The number of rotatable bonds is 3. The number of fused-ring (bicyclic) bond motifs is 3. The van der Waals surface area contributed by atoms with Gasteiger partial charge in [-0.1, -0.05) is 12.1 Å². The predicted octanol–water partition coefficient (Wildman–Crippen LogP) is 2.64. The van der Waals surface area contributed by atoms with Crippen LogP contribution in [0.1, 0.15) is 16.2 Å². The summed E-state index contributed by atoms with van der Waals surface area (Å²) in [4.78, 5) is 19.8. The van der Waals surface area contributed by atoms with Crippen molar-refractivity contribution < 1.29 is 13.2 Å². The summed E-state index contributed by atoms with van der Waals surface area (Å²) in [5.74, 6) is 0.995. The molecule has 2 N–H and O–H groups in total. The molecule has 0 bridgehead atoms. The number of nitrogens with zero attached hydrogens (tertiary/aromatic N) is 4. The SMILES string of the molecule is Cc1nc(-c2cccc(NC(=O)c3ccc4c(c3)SC3=NS(=O)(=O)CCN34)c2)n[nH]1. The average molecular weight is 441 g/mol. The number of hydrogen-bond acceptors (Lipinski definition) is 7. The number of anilines is 2. The molecule has 11 heteroatoms. The van der Waals surface area contributed by atoms with Crippen LogP contribution < -0.4 is 10.2 Å². The van der Waals surface area contributed by atoms with Crippen molar-refractivity contribution in [1.29, 1.82) is 0 Å². The van der Waals surface area contributed by atoms with Crippen molar-refractivity contribution in [2.45, 2.75) is 11.8 Å². The minimum atomic E-state index is -3.41. The first-order valence-corrected chi connectivity index (χ1v) is 11.5. The number of nitrogens with one attached hydrogen (secondary N) is 2. The van der Waals surface area contributed by atoms with E-state index in [-0.39, 0.29) is 11.7 Å². The van der Waals surface area contributed by atoms with Crippen LogP contribution in [0.5, 0.6) is 0 Å². The maximum absolute atomic E-state index is 12.8. The molecule has 0 fully saturated rings. The topological polar surface area (TPSA) is 120 Å². The quantitative estimate of drug-likeness (QED) is 0.642. The summed E-state index contributed by atoms with van der Waals surface area (Å²) >= 11 is 1.26. The number of hydrogen-bond donors (Lipinski definition) is 2. The Morgan fingerprint density at radius 1 is 1.23 bits per heavy atom. The Morgan fingerprint density at radius 3 is 2.90 bits per heavy atom. The highest BCUT2D eigenvalue weighted by molar-refractivity contribution is 8.15. The molecule has 3 aromatic rings. The Kier molecular flexibility index (Phi) is 4.36. The molecule has 9 nitrogen and oxygen atoms in total. The van der Waals surface area contributed by atoms with Crippen molar-refractivity contribution in [3.05, 3.63) is 53.9 Å². The molecule has 0 saturated carbocycles. The van der Waals surface area contributed by atoms with Crippen LogP contribution in [0.25, 0.3) is 11.4 Å². The Morgan fingerprint density at radius 2 is 2.10 bits per heavy atom. The smallest absolute Gasteiger partial charge is 0.257 e. The molecule has 1 amide bonds. The molecule has 1 aromatic heterocycles. The summed E-state index contributed by atoms with van der Waals surface area (Å²) in [6.07, 6.45) is 0. The van der Waals surface area contributed by atoms with Gasteiger partial charge in [0.15, 0.2) is 11.0 Å². The van der Waals surface area contributed by atoms with Crippen molar-refractivity contribution in [1.82, 2.24) is 15.2 Å². The van der Waals surface area contributed by atoms with Gasteiger partial charge in [0.05, 0.1) is 11.4 Å². The Labute approximate surface area is 176 Å². The number of amides is 1. The van der Waals surface area contributed by atoms with E-state index in [1.165, 1.54) is 11.8 Å². The van der Waals surface area contributed by atoms with Gasteiger partial charge in [-0.05, 0) is 49.0 Å². The third-order valence-electron chi connectivity index (χ3n) is 4.71. The second kappa shape index (κ2) is 6.96. The van der Waals surface area contributed by atoms with Crippen molar-refractivity contribution >= 4 is 44.2 Å². The molecule has 5 rings (SSSR count). The van der Waals surface area contributed by atoms with Gasteiger partial charge in [-0.15, -0.1) is 4.40 Å². The van der Waals surface area contributed by atoms with Crippen LogP contribution in [0.3, 0.4) is 0 Å². The normalized spacial score (nSPS) is 16.6. The van der Waals surface area contributed by atoms with Gasteiger partial charge < -0.3 is 10.2 Å². The highest BCUT2D eigenvalue weighted by Gasteiger charge is 2.33. The Balaban J connectivity index is 1.38. The van der Waals surface area contributed by atoms with E-state index in [2.05, 4.69) is 24.9 Å². The number of amidine groups is 1. The number of aromatic nitrogens is 3. The maximum atomic E-state index is 12.8. The van der Waals surface area contributed by atoms with E-state index >= 15 is 0 Å². The summed E-state index contributed by atoms with van der Waals surface area (Å²) in [5, 5.41) is 10.3. The van der Waals surface area contributed by atoms with E-state index < -0.39 is 10.0 Å². The number of sulfonamides is 1. The largest absolute Gasteiger partial charge is 0.322 e. The number of thioether (sulfide) groups is 1. The van der Waals surface area contributed by atoms with E-state index in [1.807, 2.05) is 36.1 Å². The van der Waals surface area contributed by atoms with E-state index in [9.17, 15) is 13.2 Å². The summed E-state index contributed by atoms with van der Waals surface area (Å²) in [7, 11) is -3.41. The van der Waals surface area contributed by atoms with Crippen molar-refractivity contribution in [3.63, 3.8) is 0 Å². The number of aryl methyl sites for hydroxylation is 1. The van der Waals surface area contributed by atoms with Crippen LogP contribution in [0, 0.1) is 6.92 Å². The van der Waals surface area contributed by atoms with E-state index in [0.717, 1.165) is 16.1 Å².